The number of para-hydroxylation sites is 1. The highest BCUT2D eigenvalue weighted by molar-refractivity contribution is 5.97. The monoisotopic (exact) mass is 404 g/mol. The molecule has 0 bridgehead atoms. The Bertz CT molecular complexity index is 1120. The molecular formula is C23H24N4O3. The van der Waals surface area contributed by atoms with E-state index in [9.17, 15) is 14.4 Å². The molecule has 154 valence electrons. The Labute approximate surface area is 174 Å². The van der Waals surface area contributed by atoms with Crippen molar-refractivity contribution in [3.63, 3.8) is 0 Å². The zero-order valence-corrected chi connectivity index (χ0v) is 17.1. The van der Waals surface area contributed by atoms with Crippen molar-refractivity contribution >= 4 is 11.8 Å². The van der Waals surface area contributed by atoms with Gasteiger partial charge in [0.25, 0.3) is 11.8 Å². The molecular weight excluding hydrogens is 380 g/mol. The Kier molecular flexibility index (Phi) is 5.27. The van der Waals surface area contributed by atoms with E-state index >= 15 is 0 Å². The summed E-state index contributed by atoms with van der Waals surface area (Å²) in [7, 11) is 0. The lowest BCUT2D eigenvalue weighted by Gasteiger charge is -2.34. The van der Waals surface area contributed by atoms with Crippen LogP contribution in [0.15, 0.2) is 59.5 Å². The van der Waals surface area contributed by atoms with Gasteiger partial charge in [0.05, 0.1) is 11.1 Å². The minimum atomic E-state index is -0.241. The fourth-order valence-electron chi connectivity index (χ4n) is 3.96. The number of aryl methyl sites for hydroxylation is 1. The van der Waals surface area contributed by atoms with Crippen LogP contribution in [-0.4, -0.2) is 57.3 Å². The lowest BCUT2D eigenvalue weighted by molar-refractivity contribution is 0.0535. The quantitative estimate of drug-likeness (QED) is 0.728. The molecule has 0 unspecified atom stereocenters. The second-order valence-electron chi connectivity index (χ2n) is 7.48. The third-order valence-electron chi connectivity index (χ3n) is 5.56. The van der Waals surface area contributed by atoms with Gasteiger partial charge in [-0.15, -0.1) is 0 Å². The van der Waals surface area contributed by atoms with E-state index in [4.69, 9.17) is 0 Å². The maximum atomic E-state index is 13.2. The number of carbonyl (C=O) groups is 2. The Balaban J connectivity index is 1.47. The van der Waals surface area contributed by atoms with Crippen LogP contribution in [0.4, 0.5) is 0 Å². The van der Waals surface area contributed by atoms with Crippen molar-refractivity contribution in [3.05, 3.63) is 87.6 Å². The molecule has 0 atom stereocenters. The second kappa shape index (κ2) is 8.02. The van der Waals surface area contributed by atoms with Crippen LogP contribution in [0.2, 0.25) is 0 Å². The largest absolute Gasteiger partial charge is 0.335 e. The average molecular weight is 404 g/mol. The third kappa shape index (κ3) is 3.66. The summed E-state index contributed by atoms with van der Waals surface area (Å²) in [5.74, 6) is -0.151. The van der Waals surface area contributed by atoms with Crippen molar-refractivity contribution in [1.82, 2.24) is 19.4 Å². The van der Waals surface area contributed by atoms with Crippen LogP contribution in [0.25, 0.3) is 5.69 Å². The third-order valence-corrected chi connectivity index (χ3v) is 5.56. The summed E-state index contributed by atoms with van der Waals surface area (Å²) in [5.41, 5.74) is 3.85. The van der Waals surface area contributed by atoms with Gasteiger partial charge in [-0.25, -0.2) is 0 Å². The van der Waals surface area contributed by atoms with E-state index < -0.39 is 0 Å². The minimum Gasteiger partial charge on any atom is -0.335 e. The SMILES string of the molecule is Cc1cc(C(=O)N2CCN(C(=O)c3ccc(=O)[nH]c3)CC2)c(C)n1-c1ccccc1. The van der Waals surface area contributed by atoms with E-state index in [2.05, 4.69) is 9.55 Å². The van der Waals surface area contributed by atoms with Crippen molar-refractivity contribution in [2.75, 3.05) is 26.2 Å². The number of nitrogens with one attached hydrogen (secondary N) is 1. The van der Waals surface area contributed by atoms with Crippen LogP contribution in [0.5, 0.6) is 0 Å². The van der Waals surface area contributed by atoms with Gasteiger partial charge < -0.3 is 19.4 Å². The summed E-state index contributed by atoms with van der Waals surface area (Å²) in [4.78, 5) is 43.0. The van der Waals surface area contributed by atoms with Crippen LogP contribution in [-0.2, 0) is 0 Å². The van der Waals surface area contributed by atoms with Gasteiger partial charge in [-0.3, -0.25) is 14.4 Å². The molecule has 1 aliphatic rings. The first-order chi connectivity index (χ1) is 14.5. The topological polar surface area (TPSA) is 78.4 Å². The molecule has 7 heteroatoms. The molecule has 2 aromatic heterocycles. The molecule has 3 heterocycles. The number of pyridine rings is 1. The van der Waals surface area contributed by atoms with E-state index in [1.54, 1.807) is 9.80 Å². The van der Waals surface area contributed by atoms with Crippen molar-refractivity contribution in [2.45, 2.75) is 13.8 Å². The summed E-state index contributed by atoms with van der Waals surface area (Å²) in [6.07, 6.45) is 1.43. The zero-order valence-electron chi connectivity index (χ0n) is 17.1. The summed E-state index contributed by atoms with van der Waals surface area (Å²) in [6.45, 7) is 5.83. The highest BCUT2D eigenvalue weighted by Crippen LogP contribution is 2.22. The number of hydrogen-bond donors (Lipinski definition) is 1. The first kappa shape index (κ1) is 19.7. The lowest BCUT2D eigenvalue weighted by Crippen LogP contribution is -2.50. The standard InChI is InChI=1S/C23H24N4O3/c1-16-14-20(17(2)27(16)19-6-4-3-5-7-19)23(30)26-12-10-25(11-13-26)22(29)18-8-9-21(28)24-15-18/h3-9,14-15H,10-13H2,1-2H3,(H,24,28). The molecule has 1 saturated heterocycles. The zero-order chi connectivity index (χ0) is 21.3. The van der Waals surface area contributed by atoms with Crippen LogP contribution < -0.4 is 5.56 Å². The Morgan fingerprint density at radius 1 is 0.867 bits per heavy atom. The molecule has 1 aromatic carbocycles. The fraction of sp³-hybridized carbons (Fsp3) is 0.261. The van der Waals surface area contributed by atoms with Gasteiger partial charge in [-0.2, -0.15) is 0 Å². The number of aromatic nitrogens is 2. The van der Waals surface area contributed by atoms with E-state index in [1.165, 1.54) is 18.3 Å². The molecule has 3 aromatic rings. The Morgan fingerprint density at radius 3 is 2.10 bits per heavy atom. The highest BCUT2D eigenvalue weighted by atomic mass is 16.2. The lowest BCUT2D eigenvalue weighted by atomic mass is 10.1. The van der Waals surface area contributed by atoms with Gasteiger partial charge >= 0.3 is 0 Å². The maximum absolute atomic E-state index is 13.2. The number of H-pyrrole nitrogens is 1. The van der Waals surface area contributed by atoms with Gasteiger partial charge in [0, 0.05) is 55.5 Å². The van der Waals surface area contributed by atoms with Gasteiger partial charge in [0.2, 0.25) is 5.56 Å². The molecule has 2 amide bonds. The number of hydrogen-bond acceptors (Lipinski definition) is 3. The predicted molar refractivity (Wildman–Crippen MR) is 114 cm³/mol. The van der Waals surface area contributed by atoms with Crippen LogP contribution >= 0.6 is 0 Å². The number of carbonyl (C=O) groups excluding carboxylic acids is 2. The summed E-state index contributed by atoms with van der Waals surface area (Å²) >= 11 is 0. The first-order valence-corrected chi connectivity index (χ1v) is 9.97. The van der Waals surface area contributed by atoms with E-state index in [1.807, 2.05) is 50.2 Å². The number of rotatable bonds is 3. The highest BCUT2D eigenvalue weighted by Gasteiger charge is 2.27. The fourth-order valence-corrected chi connectivity index (χ4v) is 3.96. The van der Waals surface area contributed by atoms with Crippen LogP contribution in [0, 0.1) is 13.8 Å². The van der Waals surface area contributed by atoms with Gasteiger partial charge in [0.1, 0.15) is 0 Å². The van der Waals surface area contributed by atoms with Crippen molar-refractivity contribution in [2.24, 2.45) is 0 Å². The molecule has 0 aliphatic carbocycles. The number of amides is 2. The molecule has 30 heavy (non-hydrogen) atoms. The minimum absolute atomic E-state index is 0.0126. The smallest absolute Gasteiger partial charge is 0.255 e. The Morgan fingerprint density at radius 2 is 1.50 bits per heavy atom. The van der Waals surface area contributed by atoms with Gasteiger partial charge in [-0.05, 0) is 38.1 Å². The van der Waals surface area contributed by atoms with Crippen molar-refractivity contribution < 1.29 is 9.59 Å². The normalized spacial score (nSPS) is 14.1. The molecule has 1 aliphatic heterocycles. The van der Waals surface area contributed by atoms with Crippen molar-refractivity contribution in [1.29, 1.82) is 0 Å². The van der Waals surface area contributed by atoms with E-state index in [0.29, 0.717) is 37.3 Å². The molecule has 0 radical (unpaired) electrons. The number of benzene rings is 1. The molecule has 7 nitrogen and oxygen atoms in total. The van der Waals surface area contributed by atoms with E-state index in [0.717, 1.165) is 17.1 Å². The van der Waals surface area contributed by atoms with Crippen LogP contribution in [0.1, 0.15) is 32.1 Å². The Hall–Kier alpha value is -3.61. The summed E-state index contributed by atoms with van der Waals surface area (Å²) < 4.78 is 2.09. The molecule has 1 fully saturated rings. The van der Waals surface area contributed by atoms with Gasteiger partial charge in [0.15, 0.2) is 0 Å². The summed E-state index contributed by atoms with van der Waals surface area (Å²) in [6, 6.07) is 14.8. The number of aromatic amines is 1. The van der Waals surface area contributed by atoms with E-state index in [-0.39, 0.29) is 17.4 Å². The van der Waals surface area contributed by atoms with Crippen molar-refractivity contribution in [3.8, 4) is 5.69 Å². The first-order valence-electron chi connectivity index (χ1n) is 9.97. The predicted octanol–water partition coefficient (Wildman–Crippen LogP) is 2.38. The molecule has 4 rings (SSSR count). The van der Waals surface area contributed by atoms with Crippen LogP contribution in [0.3, 0.4) is 0 Å². The average Bonchev–Trinajstić information content (AvgIpc) is 3.08. The summed E-state index contributed by atoms with van der Waals surface area (Å²) in [5, 5.41) is 0. The number of nitrogens with zero attached hydrogens (tertiary/aromatic N) is 3. The number of piperazine rings is 1. The molecule has 1 N–H and O–H groups in total. The second-order valence-corrected chi connectivity index (χ2v) is 7.48. The molecule has 0 spiro atoms. The molecule has 0 saturated carbocycles. The van der Waals surface area contributed by atoms with Gasteiger partial charge in [-0.1, -0.05) is 18.2 Å². The maximum Gasteiger partial charge on any atom is 0.255 e.